The normalized spacial score (nSPS) is 13.6. The molecule has 0 unspecified atom stereocenters. The molecule has 0 saturated heterocycles. The molecule has 45 heavy (non-hydrogen) atoms. The summed E-state index contributed by atoms with van der Waals surface area (Å²) in [5, 5.41) is 8.02. The molecule has 0 amide bonds. The second kappa shape index (κ2) is 9.64. The van der Waals surface area contributed by atoms with E-state index in [-0.39, 0.29) is 5.41 Å². The Kier molecular flexibility index (Phi) is 5.62. The number of hydrogen-bond acceptors (Lipinski definition) is 1. The lowest BCUT2D eigenvalue weighted by Gasteiger charge is -2.25. The molecule has 8 aromatic rings. The van der Waals surface area contributed by atoms with Gasteiger partial charge >= 0.3 is 0 Å². The van der Waals surface area contributed by atoms with Gasteiger partial charge in [0, 0.05) is 17.5 Å². The zero-order chi connectivity index (χ0) is 30.3. The van der Waals surface area contributed by atoms with E-state index in [0.717, 1.165) is 29.9 Å². The van der Waals surface area contributed by atoms with Crippen molar-refractivity contribution in [2.45, 2.75) is 39.2 Å². The highest BCUT2D eigenvalue weighted by Crippen LogP contribution is 2.56. The number of hydrogen-bond donors (Lipinski definition) is 0. The molecule has 0 bridgehead atoms. The van der Waals surface area contributed by atoms with Crippen LogP contribution in [0.2, 0.25) is 0 Å². The third-order valence-electron chi connectivity index (χ3n) is 10.1. The molecule has 1 heterocycles. The van der Waals surface area contributed by atoms with E-state index in [1.165, 1.54) is 71.2 Å². The first-order valence-corrected chi connectivity index (χ1v) is 16.1. The van der Waals surface area contributed by atoms with Crippen molar-refractivity contribution in [1.82, 2.24) is 9.55 Å². The van der Waals surface area contributed by atoms with E-state index < -0.39 is 0 Å². The number of rotatable bonds is 4. The molecule has 0 saturated carbocycles. The van der Waals surface area contributed by atoms with Crippen molar-refractivity contribution in [1.29, 1.82) is 0 Å². The van der Waals surface area contributed by atoms with Crippen LogP contribution in [0.4, 0.5) is 0 Å². The summed E-state index contributed by atoms with van der Waals surface area (Å²) in [6.07, 6.45) is 1.07. The van der Waals surface area contributed by atoms with Gasteiger partial charge in [-0.2, -0.15) is 0 Å². The maximum atomic E-state index is 5.01. The van der Waals surface area contributed by atoms with Crippen LogP contribution in [0.25, 0.3) is 77.0 Å². The van der Waals surface area contributed by atoms with Crippen LogP contribution >= 0.6 is 0 Å². The number of nitrogens with zero attached hydrogens (tertiary/aromatic N) is 2. The maximum absolute atomic E-state index is 5.01. The smallest absolute Gasteiger partial charge is 0.141 e. The lowest BCUT2D eigenvalue weighted by molar-refractivity contribution is 0.672. The minimum absolute atomic E-state index is 0.124. The van der Waals surface area contributed by atoms with Crippen molar-refractivity contribution in [3.05, 3.63) is 139 Å². The van der Waals surface area contributed by atoms with Crippen molar-refractivity contribution in [3.63, 3.8) is 0 Å². The van der Waals surface area contributed by atoms with Crippen LogP contribution in [-0.4, -0.2) is 9.55 Å². The molecule has 1 aliphatic rings. The summed E-state index contributed by atoms with van der Waals surface area (Å²) < 4.78 is 2.35. The highest BCUT2D eigenvalue weighted by Gasteiger charge is 2.39. The van der Waals surface area contributed by atoms with Crippen LogP contribution in [-0.2, 0) is 12.0 Å². The SMILES string of the molecule is CCCn1c(-c2ccc(-c3ccc4c5c(ccc4c3)-c3c(c4ccccc4c4ccccc34)C5(C)C)cc2)nc2ccccc21. The molecule has 7 aromatic carbocycles. The molecule has 0 fully saturated rings. The Morgan fingerprint density at radius 3 is 2.00 bits per heavy atom. The first kappa shape index (κ1) is 26.2. The van der Waals surface area contributed by atoms with E-state index in [1.807, 2.05) is 0 Å². The summed E-state index contributed by atoms with van der Waals surface area (Å²) in [5.41, 5.74) is 11.4. The molecule has 1 aliphatic carbocycles. The predicted octanol–water partition coefficient (Wildman–Crippen LogP) is 11.5. The van der Waals surface area contributed by atoms with E-state index in [0.29, 0.717) is 0 Å². The van der Waals surface area contributed by atoms with E-state index >= 15 is 0 Å². The van der Waals surface area contributed by atoms with E-state index in [1.54, 1.807) is 0 Å². The molecule has 2 nitrogen and oxygen atoms in total. The standard InChI is InChI=1S/C43H34N2/c1-4-25-45-38-16-10-9-15-37(38)44-42(45)28-19-17-27(18-20-28)29-21-23-31-30(26-29)22-24-36-39-34-13-7-5-11-32(34)33-12-6-8-14-35(33)41(39)43(2,3)40(31)36/h5-24,26H,4,25H2,1-3H3. The number of benzene rings is 7. The molecule has 9 rings (SSSR count). The van der Waals surface area contributed by atoms with E-state index in [9.17, 15) is 0 Å². The molecule has 216 valence electrons. The lowest BCUT2D eigenvalue weighted by Crippen LogP contribution is -2.16. The third-order valence-corrected chi connectivity index (χ3v) is 10.1. The van der Waals surface area contributed by atoms with Gasteiger partial charge in [0.1, 0.15) is 5.82 Å². The van der Waals surface area contributed by atoms with Gasteiger partial charge in [0.25, 0.3) is 0 Å². The van der Waals surface area contributed by atoms with Crippen LogP contribution in [0.15, 0.2) is 127 Å². The second-order valence-electron chi connectivity index (χ2n) is 13.0. The first-order chi connectivity index (χ1) is 22.0. The van der Waals surface area contributed by atoms with Gasteiger partial charge in [0.05, 0.1) is 11.0 Å². The minimum atomic E-state index is -0.124. The minimum Gasteiger partial charge on any atom is -0.324 e. The Morgan fingerprint density at radius 1 is 0.578 bits per heavy atom. The highest BCUT2D eigenvalue weighted by atomic mass is 15.1. The molecule has 0 aliphatic heterocycles. The van der Waals surface area contributed by atoms with Crippen molar-refractivity contribution in [3.8, 4) is 33.6 Å². The summed E-state index contributed by atoms with van der Waals surface area (Å²) in [6.45, 7) is 8.01. The summed E-state index contributed by atoms with van der Waals surface area (Å²) in [6, 6.07) is 47.0. The highest BCUT2D eigenvalue weighted by molar-refractivity contribution is 6.19. The number of aryl methyl sites for hydroxylation is 1. The Morgan fingerprint density at radius 2 is 1.22 bits per heavy atom. The number of imidazole rings is 1. The zero-order valence-electron chi connectivity index (χ0n) is 25.9. The van der Waals surface area contributed by atoms with Gasteiger partial charge in [-0.1, -0.05) is 130 Å². The van der Waals surface area contributed by atoms with Gasteiger partial charge < -0.3 is 4.57 Å². The van der Waals surface area contributed by atoms with Crippen molar-refractivity contribution >= 4 is 43.4 Å². The van der Waals surface area contributed by atoms with Crippen LogP contribution in [0.1, 0.15) is 38.3 Å². The predicted molar refractivity (Wildman–Crippen MR) is 191 cm³/mol. The fourth-order valence-corrected chi connectivity index (χ4v) is 8.14. The fourth-order valence-electron chi connectivity index (χ4n) is 8.14. The second-order valence-corrected chi connectivity index (χ2v) is 13.0. The maximum Gasteiger partial charge on any atom is 0.141 e. The van der Waals surface area contributed by atoms with Gasteiger partial charge in [0.15, 0.2) is 0 Å². The van der Waals surface area contributed by atoms with Gasteiger partial charge in [0.2, 0.25) is 0 Å². The topological polar surface area (TPSA) is 17.8 Å². The molecule has 0 atom stereocenters. The van der Waals surface area contributed by atoms with Crippen LogP contribution in [0, 0.1) is 0 Å². The monoisotopic (exact) mass is 578 g/mol. The van der Waals surface area contributed by atoms with Crippen molar-refractivity contribution < 1.29 is 0 Å². The molecule has 0 N–H and O–H groups in total. The van der Waals surface area contributed by atoms with Gasteiger partial charge in [-0.3, -0.25) is 0 Å². The molecular weight excluding hydrogens is 544 g/mol. The Bertz CT molecular complexity index is 2460. The Labute approximate surface area is 263 Å². The van der Waals surface area contributed by atoms with E-state index in [2.05, 4.69) is 153 Å². The molecule has 1 aromatic heterocycles. The molecule has 0 radical (unpaired) electrons. The van der Waals surface area contributed by atoms with Crippen LogP contribution in [0.3, 0.4) is 0 Å². The molecule has 0 spiro atoms. The largest absolute Gasteiger partial charge is 0.324 e. The number of para-hydroxylation sites is 2. The van der Waals surface area contributed by atoms with Crippen molar-refractivity contribution in [2.24, 2.45) is 0 Å². The van der Waals surface area contributed by atoms with Crippen LogP contribution < -0.4 is 0 Å². The molecule has 2 heteroatoms. The first-order valence-electron chi connectivity index (χ1n) is 16.1. The van der Waals surface area contributed by atoms with Crippen LogP contribution in [0.5, 0.6) is 0 Å². The summed E-state index contributed by atoms with van der Waals surface area (Å²) in [5.74, 6) is 1.04. The third kappa shape index (κ3) is 3.72. The Hall–Kier alpha value is -5.21. The van der Waals surface area contributed by atoms with E-state index in [4.69, 9.17) is 4.98 Å². The Balaban J connectivity index is 1.16. The fraction of sp³-hybridized carbons (Fsp3) is 0.140. The summed E-state index contributed by atoms with van der Waals surface area (Å²) >= 11 is 0. The van der Waals surface area contributed by atoms with Crippen molar-refractivity contribution in [2.75, 3.05) is 0 Å². The average molecular weight is 579 g/mol. The quantitative estimate of drug-likeness (QED) is 0.190. The summed E-state index contributed by atoms with van der Waals surface area (Å²) in [4.78, 5) is 5.01. The summed E-state index contributed by atoms with van der Waals surface area (Å²) in [7, 11) is 0. The average Bonchev–Trinajstić information content (AvgIpc) is 3.57. The van der Waals surface area contributed by atoms with Gasteiger partial charge in [-0.05, 0) is 90.3 Å². The number of fused-ring (bicyclic) bond motifs is 11. The lowest BCUT2D eigenvalue weighted by atomic mass is 9.77. The zero-order valence-corrected chi connectivity index (χ0v) is 25.9. The molecular formula is C43H34N2. The number of aromatic nitrogens is 2. The van der Waals surface area contributed by atoms with Gasteiger partial charge in [-0.25, -0.2) is 4.98 Å². The van der Waals surface area contributed by atoms with Gasteiger partial charge in [-0.15, -0.1) is 0 Å².